The molecule has 2 aromatic carbocycles. The average Bonchev–Trinajstić information content (AvgIpc) is 2.93. The maximum Gasteiger partial charge on any atom is 0.190 e. The summed E-state index contributed by atoms with van der Waals surface area (Å²) in [5, 5.41) is 23.2. The van der Waals surface area contributed by atoms with Crippen molar-refractivity contribution in [2.75, 3.05) is 0 Å². The Hall–Kier alpha value is -3.71. The Morgan fingerprint density at radius 1 is 1.05 bits per heavy atom. The number of aliphatic hydroxyl groups is 1. The van der Waals surface area contributed by atoms with Crippen molar-refractivity contribution in [1.82, 2.24) is 0 Å². The minimum atomic E-state index is -2.70. The third-order valence-corrected chi connectivity index (χ3v) is 10.6. The van der Waals surface area contributed by atoms with E-state index in [4.69, 9.17) is 0 Å². The van der Waals surface area contributed by atoms with Gasteiger partial charge in [0, 0.05) is 11.3 Å². The van der Waals surface area contributed by atoms with E-state index in [0.29, 0.717) is 5.56 Å². The Morgan fingerprint density at radius 3 is 2.32 bits per heavy atom. The predicted molar refractivity (Wildman–Crippen MR) is 167 cm³/mol. The van der Waals surface area contributed by atoms with Gasteiger partial charge in [0.1, 0.15) is 17.5 Å². The number of rotatable bonds is 6. The molecule has 2 N–H and O–H groups in total. The van der Waals surface area contributed by atoms with Crippen LogP contribution in [0.2, 0.25) is 0 Å². The number of aryl methyl sites for hydroxylation is 1. The fourth-order valence-corrected chi connectivity index (χ4v) is 8.89. The van der Waals surface area contributed by atoms with E-state index in [1.54, 1.807) is 33.8 Å². The average molecular weight is 599 g/mol. The van der Waals surface area contributed by atoms with Crippen LogP contribution in [-0.2, 0) is 32.0 Å². The minimum absolute atomic E-state index is 0.0126. The van der Waals surface area contributed by atoms with Crippen molar-refractivity contribution < 1.29 is 34.2 Å². The van der Waals surface area contributed by atoms with Gasteiger partial charge in [0.2, 0.25) is 0 Å². The maximum atomic E-state index is 14.5. The normalized spacial score (nSPS) is 31.7. The molecule has 2 saturated carbocycles. The molecule has 5 rings (SSSR count). The SMILES string of the molecule is CC/C=C/c1cc(-c2ccc(O)c3c2C[C@]2(C)C[C@]4(C)C(C(C)C)C(=O)C(C(C)=O)C(=O)[C@]4(O)C(=O)C2C3=O)ccc1CC. The van der Waals surface area contributed by atoms with Gasteiger partial charge in [-0.3, -0.25) is 24.0 Å². The Morgan fingerprint density at radius 2 is 1.73 bits per heavy atom. The number of hydrogen-bond acceptors (Lipinski definition) is 7. The number of allylic oxidation sites excluding steroid dienone is 1. The van der Waals surface area contributed by atoms with E-state index < -0.39 is 63.1 Å². The minimum Gasteiger partial charge on any atom is -0.507 e. The summed E-state index contributed by atoms with van der Waals surface area (Å²) in [5.74, 6) is -8.91. The smallest absolute Gasteiger partial charge is 0.190 e. The van der Waals surface area contributed by atoms with Crippen LogP contribution in [0.5, 0.6) is 5.75 Å². The molecule has 3 aliphatic rings. The lowest BCUT2D eigenvalue weighted by Gasteiger charge is -2.61. The Kier molecular flexibility index (Phi) is 7.73. The van der Waals surface area contributed by atoms with Crippen molar-refractivity contribution in [3.63, 3.8) is 0 Å². The molecule has 0 aliphatic heterocycles. The van der Waals surface area contributed by atoms with Gasteiger partial charge in [-0.1, -0.05) is 71.9 Å². The molecule has 232 valence electrons. The molecule has 2 aromatic rings. The molecule has 6 atom stereocenters. The molecule has 0 saturated heterocycles. The topological polar surface area (TPSA) is 126 Å². The Bertz CT molecular complexity index is 1650. The van der Waals surface area contributed by atoms with Crippen LogP contribution in [0.3, 0.4) is 0 Å². The fourth-order valence-electron chi connectivity index (χ4n) is 8.89. The summed E-state index contributed by atoms with van der Waals surface area (Å²) in [6.07, 6.45) is 6.12. The summed E-state index contributed by atoms with van der Waals surface area (Å²) < 4.78 is 0. The summed E-state index contributed by atoms with van der Waals surface area (Å²) in [6, 6.07) is 9.35. The molecular weight excluding hydrogens is 556 g/mol. The van der Waals surface area contributed by atoms with Crippen molar-refractivity contribution in [1.29, 1.82) is 0 Å². The van der Waals surface area contributed by atoms with Gasteiger partial charge in [-0.15, -0.1) is 0 Å². The first-order valence-corrected chi connectivity index (χ1v) is 15.6. The maximum absolute atomic E-state index is 14.5. The molecule has 0 bridgehead atoms. The molecule has 2 fully saturated rings. The number of carbonyl (C=O) groups excluding carboxylic acids is 5. The highest BCUT2D eigenvalue weighted by molar-refractivity contribution is 6.32. The van der Waals surface area contributed by atoms with Gasteiger partial charge in [-0.05, 0) is 83.9 Å². The second kappa shape index (κ2) is 10.7. The summed E-state index contributed by atoms with van der Waals surface area (Å²) in [5.41, 5.74) is -0.853. The van der Waals surface area contributed by atoms with Gasteiger partial charge in [0.25, 0.3) is 0 Å². The van der Waals surface area contributed by atoms with Gasteiger partial charge in [0.15, 0.2) is 28.7 Å². The van der Waals surface area contributed by atoms with E-state index in [-0.39, 0.29) is 30.1 Å². The van der Waals surface area contributed by atoms with E-state index >= 15 is 0 Å². The molecule has 3 aliphatic carbocycles. The fraction of sp³-hybridized carbons (Fsp3) is 0.486. The molecule has 44 heavy (non-hydrogen) atoms. The van der Waals surface area contributed by atoms with Crippen molar-refractivity contribution in [3.8, 4) is 16.9 Å². The Balaban J connectivity index is 1.72. The first kappa shape index (κ1) is 31.7. The number of fused-ring (bicyclic) bond motifs is 3. The van der Waals surface area contributed by atoms with Crippen molar-refractivity contribution >= 4 is 35.0 Å². The number of carbonyl (C=O) groups is 5. The number of phenolic OH excluding ortho intramolecular Hbond substituents is 1. The highest BCUT2D eigenvalue weighted by atomic mass is 16.3. The number of hydrogen-bond donors (Lipinski definition) is 2. The number of ketones is 5. The second-order valence-corrected chi connectivity index (χ2v) is 13.9. The summed E-state index contributed by atoms with van der Waals surface area (Å²) >= 11 is 0. The van der Waals surface area contributed by atoms with Crippen LogP contribution >= 0.6 is 0 Å². The number of Topliss-reactive ketones (excluding diaryl/α,β-unsaturated/α-hetero) is 5. The van der Waals surface area contributed by atoms with Gasteiger partial charge >= 0.3 is 0 Å². The molecule has 7 heteroatoms. The molecule has 0 aromatic heterocycles. The molecule has 0 spiro atoms. The second-order valence-electron chi connectivity index (χ2n) is 13.9. The van der Waals surface area contributed by atoms with Crippen molar-refractivity contribution in [2.24, 2.45) is 34.5 Å². The standard InChI is InChI=1S/C37H42O7/c1-8-10-11-22-16-23(13-12-21(22)9-2)24-14-15-26(39)28-25(24)17-35(6)18-36(7)29(19(3)4)31(40)27(20(5)38)33(42)37(36,44)34(43)30(35)32(28)41/h10-16,19,27,29-30,39,44H,8-9,17-18H2,1-7H3/b11-10+/t27?,29?,30?,35-,36-,37+/m1/s1. The van der Waals surface area contributed by atoms with Crippen LogP contribution in [0.1, 0.15) is 88.4 Å². The number of phenols is 1. The lowest BCUT2D eigenvalue weighted by Crippen LogP contribution is -2.76. The zero-order valence-electron chi connectivity index (χ0n) is 26.6. The zero-order valence-corrected chi connectivity index (χ0v) is 26.6. The van der Waals surface area contributed by atoms with E-state index in [9.17, 15) is 34.2 Å². The van der Waals surface area contributed by atoms with Gasteiger partial charge in [-0.2, -0.15) is 0 Å². The van der Waals surface area contributed by atoms with Crippen molar-refractivity contribution in [2.45, 2.75) is 79.8 Å². The molecule has 0 heterocycles. The first-order chi connectivity index (χ1) is 20.6. The summed E-state index contributed by atoms with van der Waals surface area (Å²) in [6.45, 7) is 12.2. The summed E-state index contributed by atoms with van der Waals surface area (Å²) in [7, 11) is 0. The summed E-state index contributed by atoms with van der Waals surface area (Å²) in [4.78, 5) is 69.0. The van der Waals surface area contributed by atoms with E-state index in [0.717, 1.165) is 36.5 Å². The predicted octanol–water partition coefficient (Wildman–Crippen LogP) is 5.75. The van der Waals surface area contributed by atoms with Crippen LogP contribution in [0.4, 0.5) is 0 Å². The largest absolute Gasteiger partial charge is 0.507 e. The monoisotopic (exact) mass is 598 g/mol. The van der Waals surface area contributed by atoms with Crippen LogP contribution in [-0.4, -0.2) is 44.7 Å². The lowest BCUT2D eigenvalue weighted by atomic mass is 9.40. The highest BCUT2D eigenvalue weighted by Crippen LogP contribution is 2.64. The van der Waals surface area contributed by atoms with Crippen LogP contribution in [0.25, 0.3) is 17.2 Å². The molecular formula is C37H42O7. The zero-order chi connectivity index (χ0) is 32.5. The van der Waals surface area contributed by atoms with Crippen LogP contribution < -0.4 is 0 Å². The quantitative estimate of drug-likeness (QED) is 0.406. The number of aromatic hydroxyl groups is 1. The number of benzene rings is 2. The van der Waals surface area contributed by atoms with E-state index in [1.807, 2.05) is 6.07 Å². The third-order valence-electron chi connectivity index (χ3n) is 10.6. The molecule has 3 unspecified atom stereocenters. The molecule has 0 amide bonds. The Labute approximate surface area is 258 Å². The first-order valence-electron chi connectivity index (χ1n) is 15.6. The molecule has 7 nitrogen and oxygen atoms in total. The van der Waals surface area contributed by atoms with Crippen LogP contribution in [0, 0.1) is 34.5 Å². The third kappa shape index (κ3) is 4.22. The van der Waals surface area contributed by atoms with Gasteiger partial charge < -0.3 is 10.2 Å². The van der Waals surface area contributed by atoms with Gasteiger partial charge in [0.05, 0.1) is 11.5 Å². The lowest BCUT2D eigenvalue weighted by molar-refractivity contribution is -0.205. The van der Waals surface area contributed by atoms with Gasteiger partial charge in [-0.25, -0.2) is 0 Å². The van der Waals surface area contributed by atoms with Crippen molar-refractivity contribution in [3.05, 3.63) is 58.7 Å². The highest BCUT2D eigenvalue weighted by Gasteiger charge is 2.76. The molecule has 0 radical (unpaired) electrons. The van der Waals surface area contributed by atoms with Crippen LogP contribution in [0.15, 0.2) is 36.4 Å². The van der Waals surface area contributed by atoms with E-state index in [1.165, 1.54) is 11.6 Å². The van der Waals surface area contributed by atoms with E-state index in [2.05, 4.69) is 38.1 Å².